The first-order chi connectivity index (χ1) is 1.73. The van der Waals surface area contributed by atoms with Gasteiger partial charge in [-0.25, -0.2) is 0 Å². The van der Waals surface area contributed by atoms with Crippen LogP contribution in [0, 0.1) is 0 Å². The first-order valence-corrected chi connectivity index (χ1v) is 0.707. The van der Waals surface area contributed by atoms with Gasteiger partial charge in [-0.3, -0.25) is 7.32 Å². The molecule has 0 atom stereocenters. The molecular weight excluding hydrogens is 118 g/mol. The maximum atomic E-state index is 8.42. The molecule has 0 rings (SSSR count). The van der Waals surface area contributed by atoms with E-state index in [0.29, 0.717) is 0 Å². The van der Waals surface area contributed by atoms with Gasteiger partial charge in [-0.1, -0.05) is 0 Å². The van der Waals surface area contributed by atoms with Crippen molar-refractivity contribution in [1.29, 1.82) is 0 Å². The van der Waals surface area contributed by atoms with E-state index in [1.165, 1.54) is 0 Å². The Kier molecular flexibility index (Phi) is 8.04. The second-order valence-electron chi connectivity index (χ2n) is 0.289. The standard InChI is InChI=1S/BO3.Ni/c2-1(3)4;/q-3;+3. The summed E-state index contributed by atoms with van der Waals surface area (Å²) in [5.41, 5.74) is 0. The van der Waals surface area contributed by atoms with Crippen molar-refractivity contribution in [2.75, 3.05) is 0 Å². The molecule has 0 saturated carbocycles. The largest absolute Gasteiger partial charge is 3.00 e. The first kappa shape index (κ1) is 9.06. The summed E-state index contributed by atoms with van der Waals surface area (Å²) in [5, 5.41) is 25.2. The fourth-order valence-electron chi connectivity index (χ4n) is 0. The molecule has 3 nitrogen and oxygen atoms in total. The van der Waals surface area contributed by atoms with Gasteiger partial charge < -0.3 is 15.1 Å². The molecule has 0 saturated heterocycles. The Bertz CT molecular complexity index is 11.6. The van der Waals surface area contributed by atoms with Crippen LogP contribution >= 0.6 is 0 Å². The summed E-state index contributed by atoms with van der Waals surface area (Å²) in [4.78, 5) is 0. The first-order valence-electron chi connectivity index (χ1n) is 0.707. The molecular formula is BNiO3. The molecule has 0 aliphatic rings. The summed E-state index contributed by atoms with van der Waals surface area (Å²) in [6.45, 7) is 0. The second kappa shape index (κ2) is 4.44. The van der Waals surface area contributed by atoms with E-state index in [0.717, 1.165) is 0 Å². The molecule has 0 aromatic heterocycles. The molecule has 5 heavy (non-hydrogen) atoms. The van der Waals surface area contributed by atoms with E-state index < -0.39 is 7.32 Å². The molecule has 1 radical (unpaired) electrons. The Labute approximate surface area is 39.7 Å². The Hall–Kier alpha value is 0.438. The summed E-state index contributed by atoms with van der Waals surface area (Å²) in [6.07, 6.45) is 0. The molecule has 0 bridgehead atoms. The van der Waals surface area contributed by atoms with E-state index in [1.807, 2.05) is 0 Å². The monoisotopic (exact) mass is 117 g/mol. The van der Waals surface area contributed by atoms with Crippen LogP contribution in [-0.2, 0) is 16.5 Å². The molecule has 0 aromatic rings. The maximum absolute atomic E-state index is 8.42. The predicted molar refractivity (Wildman–Crippen MR) is 5.75 cm³/mol. The van der Waals surface area contributed by atoms with E-state index >= 15 is 0 Å². The molecule has 0 unspecified atom stereocenters. The third-order valence-electron chi connectivity index (χ3n) is 0. The predicted octanol–water partition coefficient (Wildman–Crippen LogP) is -3.95. The van der Waals surface area contributed by atoms with Crippen molar-refractivity contribution in [1.82, 2.24) is 0 Å². The van der Waals surface area contributed by atoms with E-state index in [4.69, 9.17) is 15.1 Å². The van der Waals surface area contributed by atoms with Crippen molar-refractivity contribution >= 4 is 7.32 Å². The SMILES string of the molecule is [Ni+3].[O-]B([O-])[O-]. The van der Waals surface area contributed by atoms with Crippen LogP contribution in [-0.4, -0.2) is 7.32 Å². The van der Waals surface area contributed by atoms with Crippen LogP contribution in [0.1, 0.15) is 0 Å². The van der Waals surface area contributed by atoms with Gasteiger partial charge in [0.1, 0.15) is 0 Å². The summed E-state index contributed by atoms with van der Waals surface area (Å²) in [6, 6.07) is 0. The van der Waals surface area contributed by atoms with Gasteiger partial charge in [-0.2, -0.15) is 0 Å². The fraction of sp³-hybridized carbons (Fsp3) is 0. The Morgan fingerprint density at radius 1 is 1.00 bits per heavy atom. The molecule has 0 amide bonds. The van der Waals surface area contributed by atoms with Crippen molar-refractivity contribution in [3.63, 3.8) is 0 Å². The molecule has 0 N–H and O–H groups in total. The van der Waals surface area contributed by atoms with Gasteiger partial charge in [0.25, 0.3) is 0 Å². The van der Waals surface area contributed by atoms with Crippen molar-refractivity contribution in [2.24, 2.45) is 0 Å². The summed E-state index contributed by atoms with van der Waals surface area (Å²) in [5.74, 6) is 0. The van der Waals surface area contributed by atoms with Crippen molar-refractivity contribution < 1.29 is 31.6 Å². The molecule has 0 fully saturated rings. The topological polar surface area (TPSA) is 69.2 Å². The van der Waals surface area contributed by atoms with Gasteiger partial charge in [-0.15, -0.1) is 0 Å². The van der Waals surface area contributed by atoms with Crippen LogP contribution in [0.4, 0.5) is 0 Å². The molecule has 31 valence electrons. The minimum atomic E-state index is -2.92. The average molecular weight is 118 g/mol. The van der Waals surface area contributed by atoms with E-state index in [9.17, 15) is 0 Å². The van der Waals surface area contributed by atoms with Crippen molar-refractivity contribution in [3.05, 3.63) is 0 Å². The zero-order valence-corrected chi connectivity index (χ0v) is 3.11. The summed E-state index contributed by atoms with van der Waals surface area (Å²) >= 11 is 0. The quantitative estimate of drug-likeness (QED) is 0.304. The molecule has 0 heterocycles. The summed E-state index contributed by atoms with van der Waals surface area (Å²) < 4.78 is 0. The zero-order valence-electron chi connectivity index (χ0n) is 2.12. The van der Waals surface area contributed by atoms with E-state index in [-0.39, 0.29) is 16.5 Å². The van der Waals surface area contributed by atoms with Crippen LogP contribution in [0.3, 0.4) is 0 Å². The van der Waals surface area contributed by atoms with Gasteiger partial charge in [0, 0.05) is 0 Å². The maximum Gasteiger partial charge on any atom is 3.00 e. The van der Waals surface area contributed by atoms with E-state index in [1.54, 1.807) is 0 Å². The van der Waals surface area contributed by atoms with Crippen molar-refractivity contribution in [2.45, 2.75) is 0 Å². The molecule has 0 aliphatic heterocycles. The molecule has 0 spiro atoms. The van der Waals surface area contributed by atoms with Gasteiger partial charge in [-0.05, 0) is 0 Å². The van der Waals surface area contributed by atoms with Gasteiger partial charge in [0.15, 0.2) is 0 Å². The molecule has 0 aromatic carbocycles. The Morgan fingerprint density at radius 2 is 1.00 bits per heavy atom. The minimum Gasteiger partial charge on any atom is -0.907 e. The molecule has 0 aliphatic carbocycles. The minimum absolute atomic E-state index is 0. The number of hydrogen-bond acceptors (Lipinski definition) is 3. The normalized spacial score (nSPS) is 5.40. The van der Waals surface area contributed by atoms with Crippen LogP contribution < -0.4 is 15.1 Å². The average Bonchev–Trinajstić information content (AvgIpc) is 0.811. The number of hydrogen-bond donors (Lipinski definition) is 0. The third-order valence-corrected chi connectivity index (χ3v) is 0. The Morgan fingerprint density at radius 3 is 1.00 bits per heavy atom. The van der Waals surface area contributed by atoms with Gasteiger partial charge in [0.2, 0.25) is 0 Å². The zero-order chi connectivity index (χ0) is 3.58. The van der Waals surface area contributed by atoms with Crippen LogP contribution in [0.25, 0.3) is 0 Å². The van der Waals surface area contributed by atoms with Crippen LogP contribution in [0.15, 0.2) is 0 Å². The van der Waals surface area contributed by atoms with E-state index in [2.05, 4.69) is 0 Å². The second-order valence-corrected chi connectivity index (χ2v) is 0.289. The van der Waals surface area contributed by atoms with Crippen molar-refractivity contribution in [3.8, 4) is 0 Å². The van der Waals surface area contributed by atoms with Crippen LogP contribution in [0.2, 0.25) is 0 Å². The van der Waals surface area contributed by atoms with Crippen LogP contribution in [0.5, 0.6) is 0 Å². The third kappa shape index (κ3) is 137. The summed E-state index contributed by atoms with van der Waals surface area (Å²) in [7, 11) is -2.92. The number of rotatable bonds is 0. The fourth-order valence-corrected chi connectivity index (χ4v) is 0. The Balaban J connectivity index is 0. The van der Waals surface area contributed by atoms with Gasteiger partial charge in [0.05, 0.1) is 0 Å². The van der Waals surface area contributed by atoms with Gasteiger partial charge >= 0.3 is 16.5 Å². The smallest absolute Gasteiger partial charge is 0.907 e. The molecule has 5 heteroatoms.